The van der Waals surface area contributed by atoms with Crippen molar-refractivity contribution in [3.8, 4) is 0 Å². The third kappa shape index (κ3) is 3.68. The normalized spacial score (nSPS) is 12.0. The average molecular weight is 304 g/mol. The molecular formula is C13H20N8O. The fraction of sp³-hybridized carbons (Fsp3) is 0.462. The van der Waals surface area contributed by atoms with Gasteiger partial charge in [-0.05, 0) is 12.5 Å². The predicted molar refractivity (Wildman–Crippen MR) is 82.0 cm³/mol. The van der Waals surface area contributed by atoms with Crippen LogP contribution in [0.4, 0.5) is 11.9 Å². The van der Waals surface area contributed by atoms with Gasteiger partial charge >= 0.3 is 0 Å². The Bertz CT molecular complexity index is 625. The van der Waals surface area contributed by atoms with E-state index in [9.17, 15) is 4.79 Å². The van der Waals surface area contributed by atoms with Crippen molar-refractivity contribution in [1.82, 2.24) is 30.0 Å². The summed E-state index contributed by atoms with van der Waals surface area (Å²) < 4.78 is 1.63. The Labute approximate surface area is 128 Å². The Morgan fingerprint density at radius 3 is 2.77 bits per heavy atom. The highest BCUT2D eigenvalue weighted by molar-refractivity contribution is 5.80. The van der Waals surface area contributed by atoms with E-state index in [1.807, 2.05) is 21.0 Å². The Morgan fingerprint density at radius 2 is 2.18 bits per heavy atom. The van der Waals surface area contributed by atoms with E-state index in [1.54, 1.807) is 28.0 Å². The molecule has 2 rings (SSSR count). The Morgan fingerprint density at radius 1 is 1.41 bits per heavy atom. The fourth-order valence-corrected chi connectivity index (χ4v) is 1.95. The summed E-state index contributed by atoms with van der Waals surface area (Å²) in [4.78, 5) is 26.3. The molecule has 9 heteroatoms. The molecule has 9 nitrogen and oxygen atoms in total. The maximum Gasteiger partial charge on any atom is 0.245 e. The van der Waals surface area contributed by atoms with E-state index >= 15 is 0 Å². The van der Waals surface area contributed by atoms with Crippen molar-refractivity contribution in [3.63, 3.8) is 0 Å². The number of rotatable bonds is 6. The molecule has 2 aromatic heterocycles. The summed E-state index contributed by atoms with van der Waals surface area (Å²) in [5, 5.41) is 6.91. The van der Waals surface area contributed by atoms with Gasteiger partial charge in [-0.15, -0.1) is 0 Å². The predicted octanol–water partition coefficient (Wildman–Crippen LogP) is -0.0162. The summed E-state index contributed by atoms with van der Waals surface area (Å²) in [5.74, 6) is 0.856. The van der Waals surface area contributed by atoms with Crippen LogP contribution in [0.3, 0.4) is 0 Å². The van der Waals surface area contributed by atoms with Gasteiger partial charge in [0.1, 0.15) is 6.04 Å². The number of carbonyl (C=O) groups is 1. The Balaban J connectivity index is 2.04. The molecule has 22 heavy (non-hydrogen) atoms. The zero-order valence-corrected chi connectivity index (χ0v) is 12.9. The molecule has 1 atom stereocenters. The van der Waals surface area contributed by atoms with Gasteiger partial charge in [0, 0.05) is 26.5 Å². The molecule has 0 aliphatic carbocycles. The van der Waals surface area contributed by atoms with Crippen LogP contribution in [0.1, 0.15) is 25.2 Å². The van der Waals surface area contributed by atoms with E-state index < -0.39 is 0 Å². The minimum Gasteiger partial charge on any atom is -0.368 e. The highest BCUT2D eigenvalue weighted by atomic mass is 16.2. The maximum absolute atomic E-state index is 12.3. The number of carbonyl (C=O) groups excluding carboxylic acids is 1. The molecule has 0 aliphatic heterocycles. The molecular weight excluding hydrogens is 284 g/mol. The highest BCUT2D eigenvalue weighted by Crippen LogP contribution is 2.10. The first kappa shape index (κ1) is 15.7. The number of nitrogens with two attached hydrogens (primary N) is 1. The number of hydrogen-bond donors (Lipinski definition) is 2. The SMILES string of the molecule is CC[C@@H](C(=O)NCc1nc(N)nc(N(C)C)n1)n1cccn1. The van der Waals surface area contributed by atoms with Crippen molar-refractivity contribution in [2.24, 2.45) is 0 Å². The number of nitrogen functional groups attached to an aromatic ring is 1. The lowest BCUT2D eigenvalue weighted by atomic mass is 10.2. The van der Waals surface area contributed by atoms with Gasteiger partial charge in [0.05, 0.1) is 6.54 Å². The molecule has 0 bridgehead atoms. The van der Waals surface area contributed by atoms with Crippen LogP contribution in [0.5, 0.6) is 0 Å². The third-order valence-corrected chi connectivity index (χ3v) is 3.04. The highest BCUT2D eigenvalue weighted by Gasteiger charge is 2.18. The van der Waals surface area contributed by atoms with Crippen molar-refractivity contribution in [3.05, 3.63) is 24.3 Å². The lowest BCUT2D eigenvalue weighted by Crippen LogP contribution is -2.33. The van der Waals surface area contributed by atoms with E-state index in [4.69, 9.17) is 5.73 Å². The molecule has 1 amide bonds. The second-order valence-electron chi connectivity index (χ2n) is 4.93. The zero-order chi connectivity index (χ0) is 16.1. The maximum atomic E-state index is 12.3. The minimum atomic E-state index is -0.359. The van der Waals surface area contributed by atoms with Crippen LogP contribution >= 0.6 is 0 Å². The number of nitrogens with zero attached hydrogens (tertiary/aromatic N) is 6. The van der Waals surface area contributed by atoms with Crippen LogP contribution in [0, 0.1) is 0 Å². The van der Waals surface area contributed by atoms with Crippen LogP contribution in [0.25, 0.3) is 0 Å². The van der Waals surface area contributed by atoms with Gasteiger partial charge in [-0.2, -0.15) is 20.1 Å². The molecule has 0 saturated carbocycles. The molecule has 0 fully saturated rings. The third-order valence-electron chi connectivity index (χ3n) is 3.04. The second kappa shape index (κ2) is 6.83. The average Bonchev–Trinajstić information content (AvgIpc) is 2.99. The summed E-state index contributed by atoms with van der Waals surface area (Å²) >= 11 is 0. The molecule has 0 unspecified atom stereocenters. The lowest BCUT2D eigenvalue weighted by molar-refractivity contribution is -0.124. The smallest absolute Gasteiger partial charge is 0.245 e. The minimum absolute atomic E-state index is 0.127. The van der Waals surface area contributed by atoms with E-state index in [-0.39, 0.29) is 24.4 Å². The van der Waals surface area contributed by atoms with Crippen LogP contribution < -0.4 is 16.0 Å². The molecule has 0 aliphatic rings. The van der Waals surface area contributed by atoms with Crippen LogP contribution in [0.15, 0.2) is 18.5 Å². The zero-order valence-electron chi connectivity index (χ0n) is 12.9. The quantitative estimate of drug-likeness (QED) is 0.770. The van der Waals surface area contributed by atoms with E-state index in [0.29, 0.717) is 18.2 Å². The Hall–Kier alpha value is -2.71. The van der Waals surface area contributed by atoms with Gasteiger partial charge in [-0.25, -0.2) is 0 Å². The van der Waals surface area contributed by atoms with E-state index in [0.717, 1.165) is 0 Å². The van der Waals surface area contributed by atoms with Gasteiger partial charge in [-0.3, -0.25) is 9.48 Å². The topological polar surface area (TPSA) is 115 Å². The summed E-state index contributed by atoms with van der Waals surface area (Å²) in [7, 11) is 3.62. The molecule has 3 N–H and O–H groups in total. The van der Waals surface area contributed by atoms with Crippen LogP contribution in [-0.4, -0.2) is 44.7 Å². The van der Waals surface area contributed by atoms with Crippen molar-refractivity contribution in [1.29, 1.82) is 0 Å². The lowest BCUT2D eigenvalue weighted by Gasteiger charge is -2.16. The van der Waals surface area contributed by atoms with E-state index in [1.165, 1.54) is 0 Å². The van der Waals surface area contributed by atoms with Crippen molar-refractivity contribution in [2.75, 3.05) is 24.7 Å². The number of amides is 1. The molecule has 2 aromatic rings. The van der Waals surface area contributed by atoms with Crippen molar-refractivity contribution >= 4 is 17.8 Å². The van der Waals surface area contributed by atoms with Gasteiger partial charge in [0.2, 0.25) is 17.8 Å². The molecule has 0 saturated heterocycles. The molecule has 118 valence electrons. The largest absolute Gasteiger partial charge is 0.368 e. The number of aromatic nitrogens is 5. The number of anilines is 2. The fourth-order valence-electron chi connectivity index (χ4n) is 1.95. The number of hydrogen-bond acceptors (Lipinski definition) is 7. The second-order valence-corrected chi connectivity index (χ2v) is 4.93. The first-order valence-corrected chi connectivity index (χ1v) is 6.95. The standard InChI is InChI=1S/C13H20N8O/c1-4-9(21-7-5-6-16-21)11(22)15-8-10-17-12(14)19-13(18-10)20(2)3/h5-7,9H,4,8H2,1-3H3,(H,15,22)(H2,14,17,18,19)/t9-/m0/s1. The first-order chi connectivity index (χ1) is 10.5. The summed E-state index contributed by atoms with van der Waals surface area (Å²) in [6, 6.07) is 1.42. The number of nitrogens with one attached hydrogen (secondary N) is 1. The molecule has 0 spiro atoms. The van der Waals surface area contributed by atoms with E-state index in [2.05, 4.69) is 25.4 Å². The monoisotopic (exact) mass is 304 g/mol. The molecule has 0 aromatic carbocycles. The van der Waals surface area contributed by atoms with Crippen LogP contribution in [0.2, 0.25) is 0 Å². The van der Waals surface area contributed by atoms with Gasteiger partial charge in [0.15, 0.2) is 5.82 Å². The first-order valence-electron chi connectivity index (χ1n) is 6.95. The van der Waals surface area contributed by atoms with Crippen LogP contribution in [-0.2, 0) is 11.3 Å². The van der Waals surface area contributed by atoms with Crippen molar-refractivity contribution < 1.29 is 4.79 Å². The van der Waals surface area contributed by atoms with Gasteiger partial charge < -0.3 is 16.0 Å². The molecule has 2 heterocycles. The summed E-state index contributed by atoms with van der Waals surface area (Å²) in [5.41, 5.74) is 5.65. The summed E-state index contributed by atoms with van der Waals surface area (Å²) in [6.07, 6.45) is 4.04. The summed E-state index contributed by atoms with van der Waals surface area (Å²) in [6.45, 7) is 2.11. The Kier molecular flexibility index (Phi) is 4.87. The van der Waals surface area contributed by atoms with Crippen molar-refractivity contribution in [2.45, 2.75) is 25.9 Å². The molecule has 0 radical (unpaired) electrons. The van der Waals surface area contributed by atoms with Gasteiger partial charge in [-0.1, -0.05) is 6.92 Å². The van der Waals surface area contributed by atoms with Gasteiger partial charge in [0.25, 0.3) is 0 Å².